The minimum absolute atomic E-state index is 0.698. The molecule has 0 unspecified atom stereocenters. The molecule has 0 N–H and O–H groups in total. The summed E-state index contributed by atoms with van der Waals surface area (Å²) in [4.78, 5) is 10.0. The molecule has 0 saturated carbocycles. The van der Waals surface area contributed by atoms with Gasteiger partial charge in [0.1, 0.15) is 6.29 Å². The second-order valence-corrected chi connectivity index (χ2v) is 2.31. The Kier molecular flexibility index (Phi) is 5.74. The number of unbranched alkanes of at least 4 members (excludes halogenated alkanes) is 2. The summed E-state index contributed by atoms with van der Waals surface area (Å²) in [7, 11) is 0. The summed E-state index contributed by atoms with van der Waals surface area (Å²) in [6, 6.07) is 0. The van der Waals surface area contributed by atoms with Gasteiger partial charge in [-0.3, -0.25) is 4.79 Å². The van der Waals surface area contributed by atoms with E-state index < -0.39 is 0 Å². The molecule has 1 heteroatoms. The van der Waals surface area contributed by atoms with Crippen LogP contribution in [0.2, 0.25) is 0 Å². The third-order valence-electron chi connectivity index (χ3n) is 1.32. The largest absolute Gasteiger partial charge is 0.298 e. The minimum atomic E-state index is 0.698. The first-order chi connectivity index (χ1) is 4.81. The Morgan fingerprint density at radius 1 is 1.40 bits per heavy atom. The van der Waals surface area contributed by atoms with Crippen molar-refractivity contribution in [2.24, 2.45) is 0 Å². The quantitative estimate of drug-likeness (QED) is 0.238. The summed E-state index contributed by atoms with van der Waals surface area (Å²) in [6.45, 7) is 7.18. The highest BCUT2D eigenvalue weighted by molar-refractivity contribution is 5.71. The van der Waals surface area contributed by atoms with Crippen molar-refractivity contribution in [3.63, 3.8) is 0 Å². The molecule has 0 aromatic carbocycles. The van der Waals surface area contributed by atoms with E-state index in [9.17, 15) is 4.79 Å². The van der Waals surface area contributed by atoms with Gasteiger partial charge >= 0.3 is 0 Å². The standard InChI is InChI=1S/C9H14O/c1-3-4-5-6-7-9(2)8-10/h3,8H,1-2,4-7H2. The molecule has 10 heavy (non-hydrogen) atoms. The molecule has 0 rings (SSSR count). The van der Waals surface area contributed by atoms with Gasteiger partial charge in [-0.05, 0) is 31.3 Å². The topological polar surface area (TPSA) is 17.1 Å². The zero-order chi connectivity index (χ0) is 7.82. The van der Waals surface area contributed by atoms with Gasteiger partial charge in [0.2, 0.25) is 0 Å². The number of rotatable bonds is 6. The molecule has 0 aliphatic heterocycles. The van der Waals surface area contributed by atoms with Crippen molar-refractivity contribution in [2.75, 3.05) is 0 Å². The van der Waals surface area contributed by atoms with Gasteiger partial charge in [-0.15, -0.1) is 6.58 Å². The lowest BCUT2D eigenvalue weighted by atomic mass is 10.1. The maximum absolute atomic E-state index is 10.0. The van der Waals surface area contributed by atoms with Crippen LogP contribution in [0.15, 0.2) is 24.8 Å². The molecule has 0 amide bonds. The van der Waals surface area contributed by atoms with Crippen LogP contribution in [0, 0.1) is 0 Å². The van der Waals surface area contributed by atoms with Crippen LogP contribution >= 0.6 is 0 Å². The molecule has 56 valence electrons. The van der Waals surface area contributed by atoms with Crippen LogP contribution in [-0.2, 0) is 4.79 Å². The molecule has 0 heterocycles. The van der Waals surface area contributed by atoms with Crippen LogP contribution in [0.3, 0.4) is 0 Å². The molecule has 0 aromatic heterocycles. The van der Waals surface area contributed by atoms with Gasteiger partial charge in [0.25, 0.3) is 0 Å². The number of carbonyl (C=O) groups excluding carboxylic acids is 1. The van der Waals surface area contributed by atoms with Crippen molar-refractivity contribution in [1.82, 2.24) is 0 Å². The van der Waals surface area contributed by atoms with Gasteiger partial charge in [-0.1, -0.05) is 12.7 Å². The van der Waals surface area contributed by atoms with E-state index in [1.54, 1.807) is 0 Å². The van der Waals surface area contributed by atoms with Crippen molar-refractivity contribution in [3.8, 4) is 0 Å². The highest BCUT2D eigenvalue weighted by Crippen LogP contribution is 2.04. The van der Waals surface area contributed by atoms with Crippen molar-refractivity contribution in [1.29, 1.82) is 0 Å². The fraction of sp³-hybridized carbons (Fsp3) is 0.444. The highest BCUT2D eigenvalue weighted by Gasteiger charge is 1.89. The van der Waals surface area contributed by atoms with E-state index in [4.69, 9.17) is 0 Å². The Hall–Kier alpha value is -0.850. The summed E-state index contributed by atoms with van der Waals surface area (Å²) in [5.41, 5.74) is 0.698. The van der Waals surface area contributed by atoms with Gasteiger partial charge in [-0.2, -0.15) is 0 Å². The van der Waals surface area contributed by atoms with Gasteiger partial charge < -0.3 is 0 Å². The first-order valence-corrected chi connectivity index (χ1v) is 3.55. The highest BCUT2D eigenvalue weighted by atomic mass is 16.1. The van der Waals surface area contributed by atoms with E-state index in [0.717, 1.165) is 32.0 Å². The van der Waals surface area contributed by atoms with Crippen LogP contribution in [0.1, 0.15) is 25.7 Å². The molecule has 0 aliphatic carbocycles. The van der Waals surface area contributed by atoms with E-state index in [0.29, 0.717) is 5.57 Å². The van der Waals surface area contributed by atoms with Crippen molar-refractivity contribution in [2.45, 2.75) is 25.7 Å². The predicted molar refractivity (Wildman–Crippen MR) is 43.9 cm³/mol. The molecule has 0 atom stereocenters. The monoisotopic (exact) mass is 138 g/mol. The number of allylic oxidation sites excluding steroid dienone is 2. The zero-order valence-electron chi connectivity index (χ0n) is 6.31. The molecule has 1 nitrogen and oxygen atoms in total. The van der Waals surface area contributed by atoms with E-state index in [2.05, 4.69) is 13.2 Å². The number of aldehydes is 1. The van der Waals surface area contributed by atoms with Crippen LogP contribution in [0.5, 0.6) is 0 Å². The summed E-state index contributed by atoms with van der Waals surface area (Å²) < 4.78 is 0. The third-order valence-corrected chi connectivity index (χ3v) is 1.32. The second kappa shape index (κ2) is 6.27. The predicted octanol–water partition coefficient (Wildman–Crippen LogP) is 2.49. The fourth-order valence-electron chi connectivity index (χ4n) is 0.700. The molecule has 0 spiro atoms. The van der Waals surface area contributed by atoms with Crippen molar-refractivity contribution >= 4 is 6.29 Å². The molecule has 0 saturated heterocycles. The SMILES string of the molecule is C=CCCCCC(=C)C=O. The number of hydrogen-bond acceptors (Lipinski definition) is 1. The average molecular weight is 138 g/mol. The molecule has 0 aliphatic rings. The Morgan fingerprint density at radius 3 is 2.60 bits per heavy atom. The summed E-state index contributed by atoms with van der Waals surface area (Å²) in [6.07, 6.45) is 6.74. The number of carbonyl (C=O) groups is 1. The molecule has 0 bridgehead atoms. The fourth-order valence-corrected chi connectivity index (χ4v) is 0.700. The van der Waals surface area contributed by atoms with Crippen molar-refractivity contribution < 1.29 is 4.79 Å². The lowest BCUT2D eigenvalue weighted by Crippen LogP contribution is -1.82. The molecule has 0 fully saturated rings. The normalized spacial score (nSPS) is 8.80. The zero-order valence-corrected chi connectivity index (χ0v) is 6.31. The maximum atomic E-state index is 10.0. The lowest BCUT2D eigenvalue weighted by molar-refractivity contribution is -0.105. The third kappa shape index (κ3) is 5.29. The first kappa shape index (κ1) is 9.15. The smallest absolute Gasteiger partial charge is 0.145 e. The summed E-state index contributed by atoms with van der Waals surface area (Å²) >= 11 is 0. The first-order valence-electron chi connectivity index (χ1n) is 3.55. The second-order valence-electron chi connectivity index (χ2n) is 2.31. The van der Waals surface area contributed by atoms with E-state index >= 15 is 0 Å². The van der Waals surface area contributed by atoms with Gasteiger partial charge in [-0.25, -0.2) is 0 Å². The molecular weight excluding hydrogens is 124 g/mol. The van der Waals surface area contributed by atoms with Gasteiger partial charge in [0.15, 0.2) is 0 Å². The minimum Gasteiger partial charge on any atom is -0.298 e. The van der Waals surface area contributed by atoms with Crippen molar-refractivity contribution in [3.05, 3.63) is 24.8 Å². The van der Waals surface area contributed by atoms with Crippen LogP contribution in [0.25, 0.3) is 0 Å². The van der Waals surface area contributed by atoms with Gasteiger partial charge in [0.05, 0.1) is 0 Å². The van der Waals surface area contributed by atoms with E-state index in [1.165, 1.54) is 0 Å². The van der Waals surface area contributed by atoms with E-state index in [-0.39, 0.29) is 0 Å². The Morgan fingerprint density at radius 2 is 2.10 bits per heavy atom. The van der Waals surface area contributed by atoms with Crippen LogP contribution < -0.4 is 0 Å². The van der Waals surface area contributed by atoms with Gasteiger partial charge in [0, 0.05) is 0 Å². The van der Waals surface area contributed by atoms with Crippen LogP contribution in [0.4, 0.5) is 0 Å². The van der Waals surface area contributed by atoms with E-state index in [1.807, 2.05) is 6.08 Å². The maximum Gasteiger partial charge on any atom is 0.145 e. The number of hydrogen-bond donors (Lipinski definition) is 0. The summed E-state index contributed by atoms with van der Waals surface area (Å²) in [5, 5.41) is 0. The molecule has 0 aromatic rings. The van der Waals surface area contributed by atoms with Crippen LogP contribution in [-0.4, -0.2) is 6.29 Å². The Bertz CT molecular complexity index is 125. The average Bonchev–Trinajstić information content (AvgIpc) is 1.98. The Balaban J connectivity index is 3.11. The molecule has 0 radical (unpaired) electrons. The molecular formula is C9H14O. The lowest BCUT2D eigenvalue weighted by Gasteiger charge is -1.94. The summed E-state index contributed by atoms with van der Waals surface area (Å²) in [5.74, 6) is 0. The Labute approximate surface area is 62.4 Å².